The molecular formula is C20H26N6O3. The lowest BCUT2D eigenvalue weighted by Crippen LogP contribution is -2.44. The highest BCUT2D eigenvalue weighted by atomic mass is 16.2. The van der Waals surface area contributed by atoms with Crippen LogP contribution in [-0.4, -0.2) is 44.2 Å². The molecule has 0 aliphatic heterocycles. The summed E-state index contributed by atoms with van der Waals surface area (Å²) >= 11 is 0. The number of imidazole rings is 1. The number of amides is 1. The van der Waals surface area contributed by atoms with Gasteiger partial charge in [0.2, 0.25) is 5.91 Å². The van der Waals surface area contributed by atoms with Crippen LogP contribution in [0.4, 0.5) is 5.69 Å². The molecule has 0 radical (unpaired) electrons. The van der Waals surface area contributed by atoms with Crippen molar-refractivity contribution in [3.05, 3.63) is 57.0 Å². The second kappa shape index (κ2) is 8.34. The number of likely N-dealkylation sites (N-methyl/N-ethyl adjacent to an activating group) is 1. The Morgan fingerprint density at radius 1 is 1.21 bits per heavy atom. The van der Waals surface area contributed by atoms with Crippen molar-refractivity contribution < 1.29 is 4.79 Å². The minimum absolute atomic E-state index is 0.289. The Morgan fingerprint density at radius 3 is 2.62 bits per heavy atom. The van der Waals surface area contributed by atoms with E-state index >= 15 is 0 Å². The molecule has 3 rings (SSSR count). The van der Waals surface area contributed by atoms with Gasteiger partial charge in [-0.3, -0.25) is 14.2 Å². The summed E-state index contributed by atoms with van der Waals surface area (Å²) in [5.41, 5.74) is 1.79. The number of aryl methyl sites for hydroxylation is 3. The largest absolute Gasteiger partial charge is 0.370 e. The maximum atomic E-state index is 12.7. The van der Waals surface area contributed by atoms with Crippen molar-refractivity contribution in [3.8, 4) is 0 Å². The molecule has 0 atom stereocenters. The molecule has 1 aromatic carbocycles. The second-order valence-corrected chi connectivity index (χ2v) is 6.98. The Kier molecular flexibility index (Phi) is 5.86. The average molecular weight is 398 g/mol. The van der Waals surface area contributed by atoms with Gasteiger partial charge in [0.15, 0.2) is 11.2 Å². The van der Waals surface area contributed by atoms with Gasteiger partial charge >= 0.3 is 5.69 Å². The number of nitrogens with one attached hydrogen (secondary N) is 1. The molecule has 2 heterocycles. The highest BCUT2D eigenvalue weighted by Gasteiger charge is 2.17. The van der Waals surface area contributed by atoms with E-state index in [0.717, 1.165) is 16.8 Å². The fraction of sp³-hybridized carbons (Fsp3) is 0.400. The molecule has 0 saturated heterocycles. The number of hydrogen-bond donors (Lipinski definition) is 1. The van der Waals surface area contributed by atoms with Crippen molar-refractivity contribution in [2.45, 2.75) is 20.4 Å². The van der Waals surface area contributed by atoms with Gasteiger partial charge in [-0.25, -0.2) is 14.3 Å². The number of anilines is 1. The Labute approximate surface area is 168 Å². The molecule has 9 nitrogen and oxygen atoms in total. The molecule has 9 heteroatoms. The summed E-state index contributed by atoms with van der Waals surface area (Å²) in [6, 6.07) is 8.08. The first-order valence-electron chi connectivity index (χ1n) is 9.53. The molecule has 1 N–H and O–H groups in total. The van der Waals surface area contributed by atoms with Crippen LogP contribution in [0.1, 0.15) is 12.5 Å². The standard InChI is InChI=1S/C20H26N6O3/c1-5-25(15-9-7-6-8-14(15)2)11-10-21-16(27)12-26-19(28)17-18(22-13-23(17)3)24(4)20(26)29/h6-9,13H,5,10-12H2,1-4H3,(H,21,27). The zero-order valence-electron chi connectivity index (χ0n) is 17.2. The first-order chi connectivity index (χ1) is 13.8. The van der Waals surface area contributed by atoms with E-state index < -0.39 is 11.2 Å². The molecule has 0 aliphatic carbocycles. The van der Waals surface area contributed by atoms with E-state index in [1.807, 2.05) is 31.2 Å². The molecule has 154 valence electrons. The number of hydrogen-bond acceptors (Lipinski definition) is 5. The molecule has 3 aromatic rings. The van der Waals surface area contributed by atoms with Crippen molar-refractivity contribution in [2.24, 2.45) is 14.1 Å². The van der Waals surface area contributed by atoms with Crippen LogP contribution in [0, 0.1) is 6.92 Å². The summed E-state index contributed by atoms with van der Waals surface area (Å²) in [7, 11) is 3.21. The van der Waals surface area contributed by atoms with Gasteiger partial charge in [0, 0.05) is 39.4 Å². The lowest BCUT2D eigenvalue weighted by atomic mass is 10.2. The summed E-state index contributed by atoms with van der Waals surface area (Å²) in [5.74, 6) is -0.383. The van der Waals surface area contributed by atoms with Crippen molar-refractivity contribution in [1.29, 1.82) is 0 Å². The number of nitrogens with zero attached hydrogens (tertiary/aromatic N) is 5. The van der Waals surface area contributed by atoms with Gasteiger partial charge in [-0.15, -0.1) is 0 Å². The number of carbonyl (C=O) groups excluding carboxylic acids is 1. The van der Waals surface area contributed by atoms with Gasteiger partial charge in [-0.1, -0.05) is 18.2 Å². The minimum Gasteiger partial charge on any atom is -0.370 e. The predicted octanol–water partition coefficient (Wildman–Crippen LogP) is 0.385. The Balaban J connectivity index is 1.70. The number of rotatable bonds is 7. The Morgan fingerprint density at radius 2 is 1.93 bits per heavy atom. The van der Waals surface area contributed by atoms with Crippen molar-refractivity contribution in [1.82, 2.24) is 24.0 Å². The molecule has 0 fully saturated rings. The third-order valence-electron chi connectivity index (χ3n) is 5.04. The zero-order valence-corrected chi connectivity index (χ0v) is 17.2. The molecule has 0 aliphatic rings. The smallest absolute Gasteiger partial charge is 0.332 e. The van der Waals surface area contributed by atoms with Crippen LogP contribution >= 0.6 is 0 Å². The number of carbonyl (C=O) groups is 1. The third kappa shape index (κ3) is 3.94. The van der Waals surface area contributed by atoms with Gasteiger partial charge in [-0.05, 0) is 25.5 Å². The number of para-hydroxylation sites is 1. The minimum atomic E-state index is -0.563. The maximum absolute atomic E-state index is 12.7. The highest BCUT2D eigenvalue weighted by Crippen LogP contribution is 2.18. The van der Waals surface area contributed by atoms with E-state index in [2.05, 4.69) is 22.1 Å². The van der Waals surface area contributed by atoms with Crippen molar-refractivity contribution >= 4 is 22.8 Å². The molecule has 0 bridgehead atoms. The van der Waals surface area contributed by atoms with Crippen LogP contribution < -0.4 is 21.5 Å². The molecule has 2 aromatic heterocycles. The fourth-order valence-electron chi connectivity index (χ4n) is 3.43. The molecule has 0 unspecified atom stereocenters. The van der Waals surface area contributed by atoms with Gasteiger partial charge in [0.25, 0.3) is 5.56 Å². The summed E-state index contributed by atoms with van der Waals surface area (Å²) in [6.45, 7) is 5.61. The summed E-state index contributed by atoms with van der Waals surface area (Å²) in [5, 5.41) is 2.80. The molecular weight excluding hydrogens is 372 g/mol. The van der Waals surface area contributed by atoms with Gasteiger partial charge in [0.1, 0.15) is 6.54 Å². The molecule has 0 saturated carbocycles. The maximum Gasteiger partial charge on any atom is 0.332 e. The predicted molar refractivity (Wildman–Crippen MR) is 112 cm³/mol. The normalized spacial score (nSPS) is 11.0. The van der Waals surface area contributed by atoms with Gasteiger partial charge < -0.3 is 14.8 Å². The quantitative estimate of drug-likeness (QED) is 0.621. The van der Waals surface area contributed by atoms with Gasteiger partial charge in [0.05, 0.1) is 6.33 Å². The lowest BCUT2D eigenvalue weighted by Gasteiger charge is -2.25. The number of fused-ring (bicyclic) bond motifs is 1. The Hall–Kier alpha value is -3.36. The fourth-order valence-corrected chi connectivity index (χ4v) is 3.43. The van der Waals surface area contributed by atoms with Crippen molar-refractivity contribution in [2.75, 3.05) is 24.5 Å². The molecule has 1 amide bonds. The first kappa shape index (κ1) is 20.4. The van der Waals surface area contributed by atoms with Crippen LogP contribution in [-0.2, 0) is 25.4 Å². The monoisotopic (exact) mass is 398 g/mol. The van der Waals surface area contributed by atoms with E-state index in [4.69, 9.17) is 0 Å². The van der Waals surface area contributed by atoms with Crippen LogP contribution in [0.3, 0.4) is 0 Å². The van der Waals surface area contributed by atoms with Crippen molar-refractivity contribution in [3.63, 3.8) is 0 Å². The first-order valence-corrected chi connectivity index (χ1v) is 9.53. The van der Waals surface area contributed by atoms with E-state index in [1.54, 1.807) is 11.6 Å². The van der Waals surface area contributed by atoms with Crippen LogP contribution in [0.2, 0.25) is 0 Å². The highest BCUT2D eigenvalue weighted by molar-refractivity contribution is 5.76. The van der Waals surface area contributed by atoms with Crippen LogP contribution in [0.15, 0.2) is 40.2 Å². The summed E-state index contributed by atoms with van der Waals surface area (Å²) in [4.78, 5) is 43.8. The second-order valence-electron chi connectivity index (χ2n) is 6.98. The molecule has 29 heavy (non-hydrogen) atoms. The topological polar surface area (TPSA) is 94.2 Å². The third-order valence-corrected chi connectivity index (χ3v) is 5.04. The summed E-state index contributed by atoms with van der Waals surface area (Å²) in [6.07, 6.45) is 1.47. The number of aromatic nitrogens is 4. The lowest BCUT2D eigenvalue weighted by molar-refractivity contribution is -0.121. The van der Waals surface area contributed by atoms with Crippen LogP contribution in [0.25, 0.3) is 11.2 Å². The van der Waals surface area contributed by atoms with E-state index in [9.17, 15) is 14.4 Å². The Bertz CT molecular complexity index is 1160. The SMILES string of the molecule is CCN(CCNC(=O)Cn1c(=O)c2c(ncn2C)n(C)c1=O)c1ccccc1C. The summed E-state index contributed by atoms with van der Waals surface area (Å²) < 4.78 is 3.77. The van der Waals surface area contributed by atoms with E-state index in [-0.39, 0.29) is 18.0 Å². The number of benzene rings is 1. The molecule has 0 spiro atoms. The van der Waals surface area contributed by atoms with Crippen LogP contribution in [0.5, 0.6) is 0 Å². The van der Waals surface area contributed by atoms with E-state index in [0.29, 0.717) is 18.7 Å². The van der Waals surface area contributed by atoms with E-state index in [1.165, 1.54) is 23.5 Å². The van der Waals surface area contributed by atoms with Gasteiger partial charge in [-0.2, -0.15) is 0 Å². The average Bonchev–Trinajstić information content (AvgIpc) is 3.09. The zero-order chi connectivity index (χ0) is 21.1.